The number of rotatable bonds is 6. The van der Waals surface area contributed by atoms with Crippen molar-refractivity contribution in [1.82, 2.24) is 0 Å². The molecule has 0 fully saturated rings. The van der Waals surface area contributed by atoms with Crippen molar-refractivity contribution in [3.63, 3.8) is 0 Å². The predicted octanol–water partition coefficient (Wildman–Crippen LogP) is 17.7. The minimum absolute atomic E-state index is 0.0179. The number of anilines is 3. The van der Waals surface area contributed by atoms with E-state index in [0.717, 1.165) is 0 Å². The second-order valence-corrected chi connectivity index (χ2v) is 31.6. The summed E-state index contributed by atoms with van der Waals surface area (Å²) >= 11 is 0. The molecule has 34 nitrogen and oxygen atoms in total. The molecule has 14 N–H and O–H groups in total. The Morgan fingerprint density at radius 3 is 0.875 bits per heavy atom. The Morgan fingerprint density at radius 1 is 0.301 bits per heavy atom. The second-order valence-electron chi connectivity index (χ2n) is 31.6. The Hall–Kier alpha value is -19.4. The highest BCUT2D eigenvalue weighted by molar-refractivity contribution is 6.11. The number of phenols is 8. The summed E-state index contributed by atoms with van der Waals surface area (Å²) in [6.07, 6.45) is 0. The summed E-state index contributed by atoms with van der Waals surface area (Å²) < 4.78 is 56.5. The van der Waals surface area contributed by atoms with Crippen LogP contribution in [0.4, 0.5) is 28.4 Å². The number of nitro groups is 2. The molecule has 13 aromatic rings. The molecule has 0 atom stereocenters. The highest BCUT2D eigenvalue weighted by atomic mass is 16.6. The number of methoxy groups -OCH3 is 2. The van der Waals surface area contributed by atoms with Crippen molar-refractivity contribution in [3.05, 3.63) is 392 Å². The number of ether oxygens (including phenoxy) is 8. The van der Waals surface area contributed by atoms with E-state index in [1.165, 1.54) is 172 Å². The molecule has 3 spiro atoms. The summed E-state index contributed by atoms with van der Waals surface area (Å²) in [6, 6.07) is 68.0. The third-order valence-electron chi connectivity index (χ3n) is 23.5. The smallest absolute Gasteiger partial charge is 0.340 e. The van der Waals surface area contributed by atoms with Crippen LogP contribution in [0.1, 0.15) is 102 Å². The molecule has 13 aromatic carbocycles. The summed E-state index contributed by atoms with van der Waals surface area (Å²) in [5, 5.41) is 102. The zero-order valence-corrected chi connectivity index (χ0v) is 70.3. The number of benzene rings is 15. The van der Waals surface area contributed by atoms with E-state index in [4.69, 9.17) is 63.9 Å². The molecule has 8 aliphatic heterocycles. The third kappa shape index (κ3) is 14.4. The van der Waals surface area contributed by atoms with Crippen LogP contribution in [0.15, 0.2) is 291 Å². The van der Waals surface area contributed by atoms with E-state index in [9.17, 15) is 94.6 Å². The van der Waals surface area contributed by atoms with Gasteiger partial charge in [0.2, 0.25) is 0 Å². The first-order valence-electron chi connectivity index (χ1n) is 40.8. The molecule has 10 aliphatic rings. The number of carbonyl (C=O) groups is 5. The SMILES string of the molecule is COC(=O)c1cc(N)ccc1-c1c2ccc(=O)cc-2oc2cc(O)ccc12.COC(=O)c1cc(N)ccc1-c1c2ccc(=O)cc-2oc2cc(O)ccc12.Nc1ccc2c(c1)C(=O)OC21c2ccc(O)cc2Oc2cc(O)ccc21.O=C1OC2(c3ccc(O)cc3Oc3cc(O)ccc32)c2ccc([N+](=O)[O-])cc21.O=C1OC2(c3ccc(O)cc3Oc3cc(O)ccc32)c2ccc([N+](=O)[O-])cc21. The van der Waals surface area contributed by atoms with E-state index >= 15 is 0 Å². The molecule has 0 saturated carbocycles. The lowest BCUT2D eigenvalue weighted by molar-refractivity contribution is -0.385. The summed E-state index contributed by atoms with van der Waals surface area (Å²) in [5.74, 6) is -0.694. The van der Waals surface area contributed by atoms with Crippen LogP contribution in [-0.2, 0) is 40.5 Å². The van der Waals surface area contributed by atoms with Crippen LogP contribution in [0.5, 0.6) is 80.5 Å². The molecule has 0 bridgehead atoms. The molecule has 136 heavy (non-hydrogen) atoms. The molecule has 23 rings (SSSR count). The van der Waals surface area contributed by atoms with Gasteiger partial charge in [0.1, 0.15) is 103 Å². The number of nitrogen functional groups attached to an aromatic ring is 3. The molecule has 0 unspecified atom stereocenters. The highest BCUT2D eigenvalue weighted by Gasteiger charge is 2.57. The minimum atomic E-state index is -1.41. The van der Waals surface area contributed by atoms with Crippen LogP contribution in [0.3, 0.4) is 0 Å². The summed E-state index contributed by atoms with van der Waals surface area (Å²) in [6.45, 7) is 0. The van der Waals surface area contributed by atoms with E-state index in [2.05, 4.69) is 0 Å². The van der Waals surface area contributed by atoms with E-state index < -0.39 is 56.5 Å². The van der Waals surface area contributed by atoms with Crippen molar-refractivity contribution in [2.45, 2.75) is 16.8 Å². The van der Waals surface area contributed by atoms with E-state index in [1.807, 2.05) is 0 Å². The van der Waals surface area contributed by atoms with Crippen molar-refractivity contribution >= 4 is 80.2 Å². The number of non-ortho nitro benzene ring substituents is 2. The largest absolute Gasteiger partial charge is 0.508 e. The number of nitro benzene ring substituents is 2. The zero-order chi connectivity index (χ0) is 95.6. The predicted molar refractivity (Wildman–Crippen MR) is 486 cm³/mol. The molecule has 0 radical (unpaired) electrons. The van der Waals surface area contributed by atoms with Gasteiger partial charge in [-0.25, -0.2) is 24.0 Å². The first-order valence-corrected chi connectivity index (χ1v) is 40.8. The number of esters is 5. The monoisotopic (exact) mass is 1820 g/mol. The first-order chi connectivity index (χ1) is 65.2. The lowest BCUT2D eigenvalue weighted by Gasteiger charge is -2.36. The molecular weight excluding hydrogens is 1760 g/mol. The Kier molecular flexibility index (Phi) is 20.6. The van der Waals surface area contributed by atoms with Gasteiger partial charge in [-0.05, 0) is 181 Å². The molecule has 0 aromatic heterocycles. The maximum absolute atomic E-state index is 12.7. The summed E-state index contributed by atoms with van der Waals surface area (Å²) in [5.41, 5.74) is 24.2. The normalized spacial score (nSPS) is 13.6. The average Bonchev–Trinajstić information content (AvgIpc) is 1.49. The van der Waals surface area contributed by atoms with Gasteiger partial charge in [-0.3, -0.25) is 29.8 Å². The van der Waals surface area contributed by atoms with Gasteiger partial charge in [0.25, 0.3) is 11.4 Å². The number of phenolic OH excluding ortho intramolecular Hbond substituents is 8. The minimum Gasteiger partial charge on any atom is -0.508 e. The standard InChI is InChI=1S/2C21H15NO5.2C20H11NO7.C20H13NO5/c2*1-26-21(25)17-8-11(22)2-5-14(17)20-15-6-3-12(23)9-18(15)27-19-10-13(24)4-7-16(19)20;2*22-11-2-5-15-17(8-11)27-18-9-12(23)3-6-16(18)20(15)14-4-1-10(21(25)26)7-13(14)19(24)28-20;21-10-1-4-14-13(7-10)19(24)26-20(14)15-5-2-11(22)8-17(15)25-18-9-12(23)3-6-16(18)20/h2*2-10,23H,22H2,1H3;2*1-9,22-23H;1-9,22-23H,21H2. The quantitative estimate of drug-likeness (QED) is 0.0184. The maximum Gasteiger partial charge on any atom is 0.340 e. The second kappa shape index (κ2) is 32.7. The first kappa shape index (κ1) is 86.0. The van der Waals surface area contributed by atoms with Crippen molar-refractivity contribution < 1.29 is 121 Å². The molecule has 0 amide bonds. The van der Waals surface area contributed by atoms with Gasteiger partial charge >= 0.3 is 29.8 Å². The van der Waals surface area contributed by atoms with Crippen LogP contribution < -0.4 is 42.3 Å². The maximum atomic E-state index is 12.7. The molecule has 2 aliphatic carbocycles. The highest BCUT2D eigenvalue weighted by Crippen LogP contribution is 2.62. The van der Waals surface area contributed by atoms with E-state index in [-0.39, 0.29) is 102 Å². The van der Waals surface area contributed by atoms with Gasteiger partial charge in [0.15, 0.2) is 27.7 Å². The van der Waals surface area contributed by atoms with E-state index in [0.29, 0.717) is 162 Å². The number of fused-ring (bicyclic) bond motifs is 22. The van der Waals surface area contributed by atoms with Gasteiger partial charge in [0, 0.05) is 185 Å². The third-order valence-corrected chi connectivity index (χ3v) is 23.5. The molecule has 0 saturated heterocycles. The zero-order valence-electron chi connectivity index (χ0n) is 70.3. The van der Waals surface area contributed by atoms with Gasteiger partial charge in [0.05, 0.1) is 51.9 Å². The fourth-order valence-electron chi connectivity index (χ4n) is 17.8. The van der Waals surface area contributed by atoms with Gasteiger partial charge in [-0.1, -0.05) is 18.2 Å². The van der Waals surface area contributed by atoms with Gasteiger partial charge in [-0.15, -0.1) is 0 Å². The van der Waals surface area contributed by atoms with Crippen molar-refractivity contribution in [1.29, 1.82) is 0 Å². The van der Waals surface area contributed by atoms with Gasteiger partial charge < -0.3 is 105 Å². The lowest BCUT2D eigenvalue weighted by atomic mass is 9.77. The molecule has 34 heteroatoms. The fourth-order valence-corrected chi connectivity index (χ4v) is 17.8. The van der Waals surface area contributed by atoms with Crippen LogP contribution in [0, 0.1) is 20.2 Å². The van der Waals surface area contributed by atoms with Gasteiger partial charge in [-0.2, -0.15) is 0 Å². The fraction of sp³-hybridized carbons (Fsp3) is 0.0490. The Bertz CT molecular complexity index is 7610. The van der Waals surface area contributed by atoms with Crippen LogP contribution >= 0.6 is 0 Å². The van der Waals surface area contributed by atoms with E-state index in [1.54, 1.807) is 115 Å². The number of aromatic hydroxyl groups is 8. The average molecular weight is 1820 g/mol. The number of nitrogens with two attached hydrogens (primary N) is 3. The Balaban J connectivity index is 0.000000109. The van der Waals surface area contributed by atoms with Crippen molar-refractivity contribution in [3.8, 4) is 125 Å². The van der Waals surface area contributed by atoms with Crippen molar-refractivity contribution in [2.24, 2.45) is 0 Å². The topological polar surface area (TPSA) is 546 Å². The summed E-state index contributed by atoms with van der Waals surface area (Å²) in [4.78, 5) is 107. The van der Waals surface area contributed by atoms with Crippen LogP contribution in [-0.4, -0.2) is 94.8 Å². The van der Waals surface area contributed by atoms with Crippen LogP contribution in [0.2, 0.25) is 0 Å². The lowest BCUT2D eigenvalue weighted by Crippen LogP contribution is -2.32. The molecular formula is C102H65N5O29. The summed E-state index contributed by atoms with van der Waals surface area (Å²) in [7, 11) is 2.60. The Morgan fingerprint density at radius 2 is 0.566 bits per heavy atom. The molecule has 8 heterocycles. The van der Waals surface area contributed by atoms with Crippen molar-refractivity contribution in [2.75, 3.05) is 31.4 Å². The number of hydrogen-bond donors (Lipinski definition) is 11. The molecule has 672 valence electrons. The Labute approximate surface area is 763 Å². The number of carbonyl (C=O) groups excluding carboxylic acids is 5. The van der Waals surface area contributed by atoms with Crippen LogP contribution in [0.25, 0.3) is 66.8 Å². The number of nitrogens with zero attached hydrogens (tertiary/aromatic N) is 2. The number of hydrogen-bond acceptors (Lipinski definition) is 32.